The molecule has 0 aromatic carbocycles. The molecule has 0 radical (unpaired) electrons. The SMILES string of the molecule is C=CCNC(=NCC(=O)N(C)C)NCC1COC2(CCOCC2)O1. The summed E-state index contributed by atoms with van der Waals surface area (Å²) in [6.45, 7) is 6.75. The van der Waals surface area contributed by atoms with Crippen LogP contribution in [0.25, 0.3) is 0 Å². The minimum Gasteiger partial charge on any atom is -0.381 e. The van der Waals surface area contributed by atoms with Gasteiger partial charge in [-0.3, -0.25) is 4.79 Å². The van der Waals surface area contributed by atoms with Crippen molar-refractivity contribution in [3.63, 3.8) is 0 Å². The van der Waals surface area contributed by atoms with Crippen molar-refractivity contribution in [2.45, 2.75) is 24.7 Å². The summed E-state index contributed by atoms with van der Waals surface area (Å²) in [6, 6.07) is 0. The Morgan fingerprint density at radius 3 is 2.79 bits per heavy atom. The molecule has 0 saturated carbocycles. The van der Waals surface area contributed by atoms with Crippen LogP contribution >= 0.6 is 0 Å². The van der Waals surface area contributed by atoms with Crippen molar-refractivity contribution in [3.8, 4) is 0 Å². The van der Waals surface area contributed by atoms with E-state index < -0.39 is 5.79 Å². The van der Waals surface area contributed by atoms with Crippen LogP contribution in [0.5, 0.6) is 0 Å². The van der Waals surface area contributed by atoms with E-state index in [9.17, 15) is 4.79 Å². The van der Waals surface area contributed by atoms with Gasteiger partial charge in [-0.15, -0.1) is 6.58 Å². The largest absolute Gasteiger partial charge is 0.381 e. The Labute approximate surface area is 143 Å². The molecule has 2 heterocycles. The first kappa shape index (κ1) is 18.7. The Morgan fingerprint density at radius 1 is 1.38 bits per heavy atom. The van der Waals surface area contributed by atoms with Gasteiger partial charge in [0, 0.05) is 40.0 Å². The number of aliphatic imine (C=N–C) groups is 1. The summed E-state index contributed by atoms with van der Waals surface area (Å²) < 4.78 is 17.3. The molecule has 2 saturated heterocycles. The Kier molecular flexibility index (Phi) is 7.01. The van der Waals surface area contributed by atoms with Gasteiger partial charge in [0.25, 0.3) is 0 Å². The number of amides is 1. The van der Waals surface area contributed by atoms with Crippen molar-refractivity contribution in [2.75, 3.05) is 53.6 Å². The highest BCUT2D eigenvalue weighted by Gasteiger charge is 2.42. The zero-order valence-corrected chi connectivity index (χ0v) is 14.5. The molecule has 0 aromatic rings. The van der Waals surface area contributed by atoms with Crippen molar-refractivity contribution >= 4 is 11.9 Å². The minimum absolute atomic E-state index is 0.0524. The predicted octanol–water partition coefficient (Wildman–Crippen LogP) is -0.282. The van der Waals surface area contributed by atoms with E-state index in [1.54, 1.807) is 20.2 Å². The molecule has 8 heteroatoms. The monoisotopic (exact) mass is 340 g/mol. The molecule has 2 N–H and O–H groups in total. The number of likely N-dealkylation sites (N-methyl/N-ethyl adjacent to an activating group) is 1. The Balaban J connectivity index is 1.82. The van der Waals surface area contributed by atoms with Crippen molar-refractivity contribution in [1.29, 1.82) is 0 Å². The van der Waals surface area contributed by atoms with Gasteiger partial charge in [-0.2, -0.15) is 0 Å². The molecule has 1 unspecified atom stereocenters. The normalized spacial score (nSPS) is 23.1. The van der Waals surface area contributed by atoms with Gasteiger partial charge in [0.15, 0.2) is 11.7 Å². The number of carbonyl (C=O) groups excluding carboxylic acids is 1. The lowest BCUT2D eigenvalue weighted by Crippen LogP contribution is -2.43. The van der Waals surface area contributed by atoms with Crippen LogP contribution in [-0.2, 0) is 19.0 Å². The molecule has 8 nitrogen and oxygen atoms in total. The first-order valence-corrected chi connectivity index (χ1v) is 8.27. The molecule has 1 atom stereocenters. The Morgan fingerprint density at radius 2 is 2.12 bits per heavy atom. The highest BCUT2D eigenvalue weighted by atomic mass is 16.7. The van der Waals surface area contributed by atoms with Gasteiger partial charge < -0.3 is 29.7 Å². The molecule has 0 bridgehead atoms. The third-order valence-electron chi connectivity index (χ3n) is 3.95. The minimum atomic E-state index is -0.489. The average Bonchev–Trinajstić information content (AvgIpc) is 2.96. The molecule has 2 rings (SSSR count). The second kappa shape index (κ2) is 9.00. The van der Waals surface area contributed by atoms with Crippen LogP contribution in [0.3, 0.4) is 0 Å². The molecule has 2 aliphatic heterocycles. The molecule has 1 amide bonds. The highest BCUT2D eigenvalue weighted by molar-refractivity contribution is 5.84. The zero-order chi connectivity index (χ0) is 17.4. The van der Waals surface area contributed by atoms with E-state index in [0.29, 0.717) is 38.9 Å². The number of rotatable bonds is 6. The number of guanidine groups is 1. The van der Waals surface area contributed by atoms with Crippen LogP contribution in [0.15, 0.2) is 17.6 Å². The van der Waals surface area contributed by atoms with E-state index in [2.05, 4.69) is 22.2 Å². The number of nitrogens with zero attached hydrogens (tertiary/aromatic N) is 2. The van der Waals surface area contributed by atoms with Gasteiger partial charge in [0.2, 0.25) is 5.91 Å². The molecular formula is C16H28N4O4. The summed E-state index contributed by atoms with van der Waals surface area (Å²) in [5, 5.41) is 6.29. The fraction of sp³-hybridized carbons (Fsp3) is 0.750. The average molecular weight is 340 g/mol. The van der Waals surface area contributed by atoms with E-state index in [1.165, 1.54) is 4.90 Å². The van der Waals surface area contributed by atoms with Crippen molar-refractivity contribution in [2.24, 2.45) is 4.99 Å². The fourth-order valence-corrected chi connectivity index (χ4v) is 2.50. The highest BCUT2D eigenvalue weighted by Crippen LogP contribution is 2.32. The number of carbonyl (C=O) groups is 1. The first-order chi connectivity index (χ1) is 11.5. The van der Waals surface area contributed by atoms with Crippen molar-refractivity contribution in [3.05, 3.63) is 12.7 Å². The van der Waals surface area contributed by atoms with E-state index in [1.807, 2.05) is 0 Å². The topological polar surface area (TPSA) is 84.4 Å². The summed E-state index contributed by atoms with van der Waals surface area (Å²) in [4.78, 5) is 17.5. The molecule has 136 valence electrons. The van der Waals surface area contributed by atoms with Gasteiger partial charge in [-0.1, -0.05) is 6.08 Å². The number of hydrogen-bond donors (Lipinski definition) is 2. The van der Waals surface area contributed by atoms with E-state index in [0.717, 1.165) is 12.8 Å². The van der Waals surface area contributed by atoms with Crippen LogP contribution in [-0.4, -0.2) is 82.2 Å². The molecular weight excluding hydrogens is 312 g/mol. The summed E-state index contributed by atoms with van der Waals surface area (Å²) in [7, 11) is 3.42. The van der Waals surface area contributed by atoms with Gasteiger partial charge in [-0.05, 0) is 0 Å². The van der Waals surface area contributed by atoms with Gasteiger partial charge in [0.05, 0.1) is 19.8 Å². The summed E-state index contributed by atoms with van der Waals surface area (Å²) in [6.07, 6.45) is 3.20. The lowest BCUT2D eigenvalue weighted by atomic mass is 10.1. The van der Waals surface area contributed by atoms with E-state index in [-0.39, 0.29) is 18.6 Å². The molecule has 24 heavy (non-hydrogen) atoms. The molecule has 1 spiro atoms. The first-order valence-electron chi connectivity index (χ1n) is 8.27. The maximum atomic E-state index is 11.7. The van der Waals surface area contributed by atoms with Gasteiger partial charge in [0.1, 0.15) is 12.6 Å². The predicted molar refractivity (Wildman–Crippen MR) is 90.8 cm³/mol. The van der Waals surface area contributed by atoms with Crippen LogP contribution in [0.2, 0.25) is 0 Å². The third-order valence-corrected chi connectivity index (χ3v) is 3.95. The smallest absolute Gasteiger partial charge is 0.243 e. The molecule has 2 fully saturated rings. The van der Waals surface area contributed by atoms with Gasteiger partial charge in [-0.25, -0.2) is 4.99 Å². The third kappa shape index (κ3) is 5.47. The maximum Gasteiger partial charge on any atom is 0.243 e. The van der Waals surface area contributed by atoms with Crippen molar-refractivity contribution in [1.82, 2.24) is 15.5 Å². The maximum absolute atomic E-state index is 11.7. The van der Waals surface area contributed by atoms with Gasteiger partial charge >= 0.3 is 0 Å². The van der Waals surface area contributed by atoms with Crippen LogP contribution in [0.4, 0.5) is 0 Å². The lowest BCUT2D eigenvalue weighted by Gasteiger charge is -2.31. The number of nitrogens with one attached hydrogen (secondary N) is 2. The molecule has 0 aliphatic carbocycles. The molecule has 0 aromatic heterocycles. The summed E-state index contributed by atoms with van der Waals surface area (Å²) >= 11 is 0. The van der Waals surface area contributed by atoms with Crippen LogP contribution in [0.1, 0.15) is 12.8 Å². The summed E-state index contributed by atoms with van der Waals surface area (Å²) in [5.41, 5.74) is 0. The lowest BCUT2D eigenvalue weighted by molar-refractivity contribution is -0.210. The fourth-order valence-electron chi connectivity index (χ4n) is 2.50. The standard InChI is InChI=1S/C16H28N4O4/c1-4-7-17-15(19-11-14(21)20(2)3)18-10-13-12-23-16(24-13)5-8-22-9-6-16/h4,13H,1,5-12H2,2-3H3,(H2,17,18,19). The van der Waals surface area contributed by atoms with Crippen molar-refractivity contribution < 1.29 is 19.0 Å². The Bertz CT molecular complexity index is 461. The van der Waals surface area contributed by atoms with E-state index in [4.69, 9.17) is 14.2 Å². The quantitative estimate of drug-likeness (QED) is 0.393. The van der Waals surface area contributed by atoms with Crippen LogP contribution < -0.4 is 10.6 Å². The molecule has 2 aliphatic rings. The number of hydrogen-bond acceptors (Lipinski definition) is 5. The van der Waals surface area contributed by atoms with Crippen LogP contribution in [0, 0.1) is 0 Å². The Hall–Kier alpha value is -1.64. The van der Waals surface area contributed by atoms with E-state index >= 15 is 0 Å². The second-order valence-corrected chi connectivity index (χ2v) is 6.08. The zero-order valence-electron chi connectivity index (χ0n) is 14.5. The summed E-state index contributed by atoms with van der Waals surface area (Å²) in [5.74, 6) is 0.00934. The number of ether oxygens (including phenoxy) is 3. The second-order valence-electron chi connectivity index (χ2n) is 6.08.